The summed E-state index contributed by atoms with van der Waals surface area (Å²) in [7, 11) is -2.58. The van der Waals surface area contributed by atoms with Crippen LogP contribution >= 0.6 is 11.6 Å². The first kappa shape index (κ1) is 26.3. The molecule has 6 nitrogen and oxygen atoms in total. The second kappa shape index (κ2) is 11.5. The van der Waals surface area contributed by atoms with Gasteiger partial charge in [0.15, 0.2) is 0 Å². The van der Waals surface area contributed by atoms with Gasteiger partial charge in [0.25, 0.3) is 10.0 Å². The minimum absolute atomic E-state index is 0.0363. The number of carbonyl (C=O) groups is 1. The van der Waals surface area contributed by atoms with Gasteiger partial charge in [-0.1, -0.05) is 71.8 Å². The number of carbonyl (C=O) groups excluding carboxylic acids is 1. The number of benzene rings is 4. The molecule has 4 aromatic rings. The maximum Gasteiger partial charge on any atom is 0.264 e. The Morgan fingerprint density at radius 1 is 0.865 bits per heavy atom. The predicted molar refractivity (Wildman–Crippen MR) is 147 cm³/mol. The van der Waals surface area contributed by atoms with Crippen molar-refractivity contribution >= 4 is 33.2 Å². The molecule has 1 amide bonds. The SMILES string of the molecule is COc1ccc(S(=O)(=O)N(CC(=O)N[C@H](c2ccccc2)c2ccc(C)cc2)c2ccc(Cl)cc2)cc1. The molecule has 190 valence electrons. The highest BCUT2D eigenvalue weighted by molar-refractivity contribution is 7.92. The fourth-order valence-corrected chi connectivity index (χ4v) is 5.44. The van der Waals surface area contributed by atoms with Crippen LogP contribution in [0.4, 0.5) is 5.69 Å². The molecule has 0 aliphatic heterocycles. The third-order valence-electron chi connectivity index (χ3n) is 5.90. The van der Waals surface area contributed by atoms with Crippen LogP contribution in [0.2, 0.25) is 5.02 Å². The number of halogens is 1. The van der Waals surface area contributed by atoms with E-state index in [0.717, 1.165) is 21.0 Å². The summed E-state index contributed by atoms with van der Waals surface area (Å²) in [5, 5.41) is 3.49. The first-order valence-corrected chi connectivity index (χ1v) is 13.4. The molecule has 0 radical (unpaired) electrons. The van der Waals surface area contributed by atoms with E-state index in [0.29, 0.717) is 16.5 Å². The Hall–Kier alpha value is -3.81. The molecule has 0 saturated carbocycles. The minimum Gasteiger partial charge on any atom is -0.497 e. The quantitative estimate of drug-likeness (QED) is 0.296. The summed E-state index contributed by atoms with van der Waals surface area (Å²) in [6, 6.07) is 29.3. The lowest BCUT2D eigenvalue weighted by Crippen LogP contribution is -2.42. The van der Waals surface area contributed by atoms with Crippen molar-refractivity contribution in [3.63, 3.8) is 0 Å². The number of hydrogen-bond acceptors (Lipinski definition) is 4. The van der Waals surface area contributed by atoms with Crippen LogP contribution in [0.25, 0.3) is 0 Å². The fourth-order valence-electron chi connectivity index (χ4n) is 3.90. The second-order valence-corrected chi connectivity index (χ2v) is 10.8. The zero-order valence-electron chi connectivity index (χ0n) is 20.5. The zero-order chi connectivity index (χ0) is 26.4. The van der Waals surface area contributed by atoms with Gasteiger partial charge in [0.05, 0.1) is 23.7 Å². The molecular formula is C29H27ClN2O4S. The molecule has 0 spiro atoms. The van der Waals surface area contributed by atoms with Crippen LogP contribution in [0, 0.1) is 6.92 Å². The average molecular weight is 535 g/mol. The summed E-state index contributed by atoms with van der Waals surface area (Å²) in [6.07, 6.45) is 0. The number of aryl methyl sites for hydroxylation is 1. The monoisotopic (exact) mass is 534 g/mol. The molecule has 0 aliphatic carbocycles. The van der Waals surface area contributed by atoms with Gasteiger partial charge >= 0.3 is 0 Å². The Balaban J connectivity index is 1.67. The van der Waals surface area contributed by atoms with Gasteiger partial charge in [-0.25, -0.2) is 8.42 Å². The summed E-state index contributed by atoms with van der Waals surface area (Å²) in [6.45, 7) is 1.57. The van der Waals surface area contributed by atoms with Crippen molar-refractivity contribution in [1.82, 2.24) is 5.32 Å². The van der Waals surface area contributed by atoms with Crippen molar-refractivity contribution in [2.75, 3.05) is 18.0 Å². The Labute approximate surface area is 222 Å². The van der Waals surface area contributed by atoms with Crippen molar-refractivity contribution in [2.45, 2.75) is 17.9 Å². The third-order valence-corrected chi connectivity index (χ3v) is 7.94. The highest BCUT2D eigenvalue weighted by atomic mass is 35.5. The Kier molecular flexibility index (Phi) is 8.16. The molecule has 1 N–H and O–H groups in total. The van der Waals surface area contributed by atoms with E-state index in [1.54, 1.807) is 36.4 Å². The van der Waals surface area contributed by atoms with E-state index in [1.165, 1.54) is 19.2 Å². The lowest BCUT2D eigenvalue weighted by atomic mass is 9.98. The first-order chi connectivity index (χ1) is 17.8. The van der Waals surface area contributed by atoms with Gasteiger partial charge in [-0.2, -0.15) is 0 Å². The van der Waals surface area contributed by atoms with E-state index in [9.17, 15) is 13.2 Å². The van der Waals surface area contributed by atoms with Crippen LogP contribution in [0.3, 0.4) is 0 Å². The van der Waals surface area contributed by atoms with E-state index in [1.807, 2.05) is 61.5 Å². The number of rotatable bonds is 9. The Bertz CT molecular complexity index is 1440. The van der Waals surface area contributed by atoms with Gasteiger partial charge in [0.2, 0.25) is 5.91 Å². The number of sulfonamides is 1. The number of anilines is 1. The lowest BCUT2D eigenvalue weighted by Gasteiger charge is -2.26. The van der Waals surface area contributed by atoms with E-state index in [4.69, 9.17) is 16.3 Å². The molecule has 0 aliphatic rings. The van der Waals surface area contributed by atoms with Crippen LogP contribution in [-0.4, -0.2) is 28.0 Å². The third kappa shape index (κ3) is 6.31. The molecule has 0 unspecified atom stereocenters. The molecule has 0 heterocycles. The van der Waals surface area contributed by atoms with Gasteiger partial charge in [-0.15, -0.1) is 0 Å². The van der Waals surface area contributed by atoms with Gasteiger partial charge in [-0.3, -0.25) is 9.10 Å². The smallest absolute Gasteiger partial charge is 0.264 e. The fraction of sp³-hybridized carbons (Fsp3) is 0.138. The van der Waals surface area contributed by atoms with Crippen molar-refractivity contribution in [1.29, 1.82) is 0 Å². The first-order valence-electron chi connectivity index (χ1n) is 11.6. The second-order valence-electron chi connectivity index (χ2n) is 8.49. The van der Waals surface area contributed by atoms with Crippen molar-refractivity contribution in [2.24, 2.45) is 0 Å². The number of hydrogen-bond donors (Lipinski definition) is 1. The number of amides is 1. The molecule has 0 fully saturated rings. The van der Waals surface area contributed by atoms with E-state index >= 15 is 0 Å². The normalized spacial score (nSPS) is 12.0. The highest BCUT2D eigenvalue weighted by Gasteiger charge is 2.28. The van der Waals surface area contributed by atoms with Gasteiger partial charge < -0.3 is 10.1 Å². The van der Waals surface area contributed by atoms with Crippen molar-refractivity contribution in [3.8, 4) is 5.75 Å². The summed E-state index contributed by atoms with van der Waals surface area (Å²) in [4.78, 5) is 13.5. The van der Waals surface area contributed by atoms with Crippen LogP contribution in [0.15, 0.2) is 108 Å². The van der Waals surface area contributed by atoms with Gasteiger partial charge in [-0.05, 0) is 66.6 Å². The summed E-state index contributed by atoms with van der Waals surface area (Å²) in [5.74, 6) is 0.0694. The molecule has 0 bridgehead atoms. The topological polar surface area (TPSA) is 75.7 Å². The maximum atomic E-state index is 13.7. The summed E-state index contributed by atoms with van der Waals surface area (Å²) in [5.41, 5.74) is 3.19. The van der Waals surface area contributed by atoms with Crippen LogP contribution in [-0.2, 0) is 14.8 Å². The average Bonchev–Trinajstić information content (AvgIpc) is 2.92. The van der Waals surface area contributed by atoms with Gasteiger partial charge in [0.1, 0.15) is 12.3 Å². The van der Waals surface area contributed by atoms with E-state index < -0.39 is 28.5 Å². The molecule has 0 saturated heterocycles. The molecule has 1 atom stereocenters. The van der Waals surface area contributed by atoms with Crippen molar-refractivity contribution < 1.29 is 17.9 Å². The molecule has 4 rings (SSSR count). The minimum atomic E-state index is -4.08. The Morgan fingerprint density at radius 2 is 1.46 bits per heavy atom. The maximum absolute atomic E-state index is 13.7. The zero-order valence-corrected chi connectivity index (χ0v) is 22.0. The molecule has 0 aromatic heterocycles. The Morgan fingerprint density at radius 3 is 2.05 bits per heavy atom. The van der Waals surface area contributed by atoms with Crippen LogP contribution in [0.5, 0.6) is 5.75 Å². The van der Waals surface area contributed by atoms with Crippen molar-refractivity contribution in [3.05, 3.63) is 125 Å². The lowest BCUT2D eigenvalue weighted by molar-refractivity contribution is -0.120. The highest BCUT2D eigenvalue weighted by Crippen LogP contribution is 2.27. The number of nitrogens with zero attached hydrogens (tertiary/aromatic N) is 1. The molecular weight excluding hydrogens is 508 g/mol. The van der Waals surface area contributed by atoms with E-state index in [2.05, 4.69) is 5.32 Å². The van der Waals surface area contributed by atoms with Crippen LogP contribution in [0.1, 0.15) is 22.7 Å². The van der Waals surface area contributed by atoms with Gasteiger partial charge in [0, 0.05) is 5.02 Å². The number of nitrogens with one attached hydrogen (secondary N) is 1. The number of methoxy groups -OCH3 is 1. The van der Waals surface area contributed by atoms with E-state index in [-0.39, 0.29) is 4.90 Å². The number of ether oxygens (including phenoxy) is 1. The summed E-state index contributed by atoms with van der Waals surface area (Å²) < 4.78 is 33.6. The van der Waals surface area contributed by atoms with Crippen LogP contribution < -0.4 is 14.4 Å². The molecule has 37 heavy (non-hydrogen) atoms. The largest absolute Gasteiger partial charge is 0.497 e. The predicted octanol–water partition coefficient (Wildman–Crippen LogP) is 5.76. The standard InChI is InChI=1S/C29H27ClN2O4S/c1-21-8-10-23(11-9-21)29(22-6-4-3-5-7-22)31-28(33)20-32(25-14-12-24(30)13-15-25)37(34,35)27-18-16-26(36-2)17-19-27/h3-19,29H,20H2,1-2H3,(H,31,33)/t29-/m1/s1. The molecule has 8 heteroatoms. The summed E-state index contributed by atoms with van der Waals surface area (Å²) >= 11 is 6.04. The molecule has 4 aromatic carbocycles.